The van der Waals surface area contributed by atoms with Crippen LogP contribution >= 0.6 is 0 Å². The van der Waals surface area contributed by atoms with Crippen LogP contribution in [0.3, 0.4) is 0 Å². The highest BCUT2D eigenvalue weighted by Gasteiger charge is 2.24. The number of rotatable bonds is 3. The summed E-state index contributed by atoms with van der Waals surface area (Å²) in [6.45, 7) is 4.02. The van der Waals surface area contributed by atoms with E-state index in [2.05, 4.69) is 15.0 Å². The highest BCUT2D eigenvalue weighted by Crippen LogP contribution is 2.29. The molecule has 0 saturated carbocycles. The molecule has 0 saturated heterocycles. The minimum absolute atomic E-state index is 0.182. The summed E-state index contributed by atoms with van der Waals surface area (Å²) in [4.78, 5) is 11.8. The Morgan fingerprint density at radius 2 is 1.81 bits per heavy atom. The van der Waals surface area contributed by atoms with Crippen molar-refractivity contribution in [3.05, 3.63) is 48.5 Å². The Labute approximate surface area is 123 Å². The number of benzene rings is 1. The SMILES string of the molecule is CC(C)c1ncnc2c(S(=O)(=O)c3ccccc3)c[nH]c12. The Bertz CT molecular complexity index is 884. The lowest BCUT2D eigenvalue weighted by Crippen LogP contribution is -2.02. The first-order chi connectivity index (χ1) is 10.0. The number of nitrogens with one attached hydrogen (secondary N) is 1. The summed E-state index contributed by atoms with van der Waals surface area (Å²) in [5.41, 5.74) is 1.94. The van der Waals surface area contributed by atoms with Gasteiger partial charge in [0.1, 0.15) is 16.7 Å². The number of aromatic nitrogens is 3. The number of hydrogen-bond acceptors (Lipinski definition) is 4. The van der Waals surface area contributed by atoms with Crippen molar-refractivity contribution in [3.63, 3.8) is 0 Å². The maximum absolute atomic E-state index is 12.7. The Balaban J connectivity index is 2.25. The van der Waals surface area contributed by atoms with Crippen molar-refractivity contribution >= 4 is 20.9 Å². The van der Waals surface area contributed by atoms with Crippen LogP contribution < -0.4 is 0 Å². The predicted octanol–water partition coefficient (Wildman–Crippen LogP) is 2.91. The molecule has 0 spiro atoms. The Kier molecular flexibility index (Phi) is 3.25. The maximum Gasteiger partial charge on any atom is 0.210 e. The van der Waals surface area contributed by atoms with E-state index in [-0.39, 0.29) is 15.7 Å². The second kappa shape index (κ2) is 4.96. The molecule has 3 rings (SSSR count). The lowest BCUT2D eigenvalue weighted by atomic mass is 10.1. The first-order valence-corrected chi connectivity index (χ1v) is 8.12. The van der Waals surface area contributed by atoms with E-state index in [1.807, 2.05) is 13.8 Å². The van der Waals surface area contributed by atoms with Crippen molar-refractivity contribution < 1.29 is 8.42 Å². The van der Waals surface area contributed by atoms with Crippen LogP contribution in [-0.2, 0) is 9.84 Å². The highest BCUT2D eigenvalue weighted by molar-refractivity contribution is 7.91. The van der Waals surface area contributed by atoms with E-state index in [1.54, 1.807) is 30.3 Å². The van der Waals surface area contributed by atoms with E-state index in [1.165, 1.54) is 12.5 Å². The smallest absolute Gasteiger partial charge is 0.210 e. The molecule has 0 unspecified atom stereocenters. The number of aromatic amines is 1. The molecule has 108 valence electrons. The Morgan fingerprint density at radius 1 is 1.10 bits per heavy atom. The second-order valence-electron chi connectivity index (χ2n) is 5.11. The van der Waals surface area contributed by atoms with Crippen LogP contribution in [0.15, 0.2) is 52.6 Å². The molecule has 0 aliphatic heterocycles. The Hall–Kier alpha value is -2.21. The minimum Gasteiger partial charge on any atom is -0.357 e. The monoisotopic (exact) mass is 301 g/mol. The number of fused-ring (bicyclic) bond motifs is 1. The van der Waals surface area contributed by atoms with Gasteiger partial charge in [0.2, 0.25) is 9.84 Å². The van der Waals surface area contributed by atoms with Gasteiger partial charge in [0.15, 0.2) is 0 Å². The molecule has 0 aliphatic carbocycles. The first kappa shape index (κ1) is 13.8. The third kappa shape index (κ3) is 2.21. The fourth-order valence-electron chi connectivity index (χ4n) is 2.30. The minimum atomic E-state index is -3.59. The van der Waals surface area contributed by atoms with Crippen molar-refractivity contribution in [2.75, 3.05) is 0 Å². The quantitative estimate of drug-likeness (QED) is 0.807. The molecule has 5 nitrogen and oxygen atoms in total. The third-order valence-corrected chi connectivity index (χ3v) is 5.13. The summed E-state index contributed by atoms with van der Waals surface area (Å²) in [5.74, 6) is 0.182. The summed E-state index contributed by atoms with van der Waals surface area (Å²) in [5, 5.41) is 0. The van der Waals surface area contributed by atoms with Gasteiger partial charge in [-0.15, -0.1) is 0 Å². The predicted molar refractivity (Wildman–Crippen MR) is 79.9 cm³/mol. The Morgan fingerprint density at radius 3 is 2.48 bits per heavy atom. The normalized spacial score (nSPS) is 12.1. The average molecular weight is 301 g/mol. The van der Waals surface area contributed by atoms with Gasteiger partial charge in [-0.25, -0.2) is 18.4 Å². The van der Waals surface area contributed by atoms with Gasteiger partial charge in [0.05, 0.1) is 16.1 Å². The maximum atomic E-state index is 12.7. The van der Waals surface area contributed by atoms with Crippen LogP contribution in [-0.4, -0.2) is 23.4 Å². The van der Waals surface area contributed by atoms with E-state index in [9.17, 15) is 8.42 Å². The lowest BCUT2D eigenvalue weighted by Gasteiger charge is -2.05. The van der Waals surface area contributed by atoms with Gasteiger partial charge in [-0.3, -0.25) is 0 Å². The van der Waals surface area contributed by atoms with E-state index in [4.69, 9.17) is 0 Å². The van der Waals surface area contributed by atoms with Gasteiger partial charge in [0, 0.05) is 6.20 Å². The van der Waals surface area contributed by atoms with E-state index < -0.39 is 9.84 Å². The van der Waals surface area contributed by atoms with Gasteiger partial charge >= 0.3 is 0 Å². The molecule has 0 atom stereocenters. The molecule has 0 aliphatic rings. The lowest BCUT2D eigenvalue weighted by molar-refractivity contribution is 0.597. The fourth-order valence-corrected chi connectivity index (χ4v) is 3.70. The van der Waals surface area contributed by atoms with Gasteiger partial charge in [-0.05, 0) is 18.1 Å². The van der Waals surface area contributed by atoms with Crippen LogP contribution in [0, 0.1) is 0 Å². The standard InChI is InChI=1S/C15H15N3O2S/c1-10(2)13-15-14(18-9-17-13)12(8-16-15)21(19,20)11-6-4-3-5-7-11/h3-10,16H,1-2H3. The highest BCUT2D eigenvalue weighted by atomic mass is 32.2. The van der Waals surface area contributed by atoms with Crippen molar-refractivity contribution in [3.8, 4) is 0 Å². The van der Waals surface area contributed by atoms with E-state index >= 15 is 0 Å². The zero-order chi connectivity index (χ0) is 15.0. The van der Waals surface area contributed by atoms with Crippen LogP contribution in [0.2, 0.25) is 0 Å². The van der Waals surface area contributed by atoms with Crippen molar-refractivity contribution in [2.45, 2.75) is 29.6 Å². The topological polar surface area (TPSA) is 75.7 Å². The number of hydrogen-bond donors (Lipinski definition) is 1. The molecule has 2 aromatic heterocycles. The van der Waals surface area contributed by atoms with Gasteiger partial charge in [0.25, 0.3) is 0 Å². The average Bonchev–Trinajstić information content (AvgIpc) is 2.92. The molecule has 0 bridgehead atoms. The van der Waals surface area contributed by atoms with E-state index in [0.717, 1.165) is 5.69 Å². The van der Waals surface area contributed by atoms with Gasteiger partial charge in [-0.2, -0.15) is 0 Å². The molecule has 2 heterocycles. The molecule has 1 N–H and O–H groups in total. The van der Waals surface area contributed by atoms with E-state index in [0.29, 0.717) is 11.0 Å². The summed E-state index contributed by atoms with van der Waals surface area (Å²) in [6, 6.07) is 8.36. The zero-order valence-electron chi connectivity index (χ0n) is 11.7. The molecular formula is C15H15N3O2S. The molecular weight excluding hydrogens is 286 g/mol. The number of H-pyrrole nitrogens is 1. The van der Waals surface area contributed by atoms with Gasteiger partial charge < -0.3 is 4.98 Å². The molecule has 6 heteroatoms. The van der Waals surface area contributed by atoms with Crippen molar-refractivity contribution in [1.29, 1.82) is 0 Å². The largest absolute Gasteiger partial charge is 0.357 e. The first-order valence-electron chi connectivity index (χ1n) is 6.64. The molecule has 21 heavy (non-hydrogen) atoms. The summed E-state index contributed by atoms with van der Waals surface area (Å²) in [6.07, 6.45) is 2.91. The molecule has 1 aromatic carbocycles. The van der Waals surface area contributed by atoms with Crippen LogP contribution in [0.4, 0.5) is 0 Å². The van der Waals surface area contributed by atoms with Crippen LogP contribution in [0.5, 0.6) is 0 Å². The second-order valence-corrected chi connectivity index (χ2v) is 7.02. The molecule has 0 fully saturated rings. The summed E-state index contributed by atoms with van der Waals surface area (Å²) in [7, 11) is -3.59. The van der Waals surface area contributed by atoms with Crippen molar-refractivity contribution in [1.82, 2.24) is 15.0 Å². The van der Waals surface area contributed by atoms with Gasteiger partial charge in [-0.1, -0.05) is 32.0 Å². The third-order valence-electron chi connectivity index (χ3n) is 3.35. The molecule has 3 aromatic rings. The van der Waals surface area contributed by atoms with Crippen LogP contribution in [0.25, 0.3) is 11.0 Å². The van der Waals surface area contributed by atoms with Crippen LogP contribution in [0.1, 0.15) is 25.5 Å². The number of sulfone groups is 1. The summed E-state index contributed by atoms with van der Waals surface area (Å²) >= 11 is 0. The fraction of sp³-hybridized carbons (Fsp3) is 0.200. The molecule has 0 radical (unpaired) electrons. The zero-order valence-corrected chi connectivity index (χ0v) is 12.6. The number of nitrogens with zero attached hydrogens (tertiary/aromatic N) is 2. The van der Waals surface area contributed by atoms with Crippen molar-refractivity contribution in [2.24, 2.45) is 0 Å². The molecule has 0 amide bonds. The summed E-state index contributed by atoms with van der Waals surface area (Å²) < 4.78 is 25.4.